The summed E-state index contributed by atoms with van der Waals surface area (Å²) in [5, 5.41) is 0. The number of benzene rings is 2. The molecule has 1 heterocycles. The molecule has 0 unspecified atom stereocenters. The van der Waals surface area contributed by atoms with Crippen molar-refractivity contribution in [2.45, 2.75) is 6.92 Å². The van der Waals surface area contributed by atoms with Gasteiger partial charge in [-0.1, -0.05) is 28.1 Å². The summed E-state index contributed by atoms with van der Waals surface area (Å²) in [5.41, 5.74) is 1.89. The van der Waals surface area contributed by atoms with E-state index in [9.17, 15) is 9.59 Å². The molecule has 0 saturated carbocycles. The molecule has 5 nitrogen and oxygen atoms in total. The van der Waals surface area contributed by atoms with E-state index in [1.807, 2.05) is 24.3 Å². The second kappa shape index (κ2) is 7.21. The number of hydrogen-bond acceptors (Lipinski definition) is 5. The van der Waals surface area contributed by atoms with Gasteiger partial charge in [-0.25, -0.2) is 4.79 Å². The van der Waals surface area contributed by atoms with Gasteiger partial charge in [-0.15, -0.1) is 0 Å². The SMILES string of the molecule is COCC(=O)Oc1ccc2c(c1C)O/C(=C\c1ccc(Br)cc1)C2=O. The van der Waals surface area contributed by atoms with Crippen LogP contribution in [0.4, 0.5) is 0 Å². The van der Waals surface area contributed by atoms with Gasteiger partial charge in [0.2, 0.25) is 5.78 Å². The van der Waals surface area contributed by atoms with Gasteiger partial charge in [0.15, 0.2) is 5.76 Å². The quantitative estimate of drug-likeness (QED) is 0.440. The third-order valence-corrected chi connectivity index (χ3v) is 4.22. The maximum Gasteiger partial charge on any atom is 0.337 e. The molecule has 2 aromatic rings. The van der Waals surface area contributed by atoms with Gasteiger partial charge in [-0.2, -0.15) is 0 Å². The van der Waals surface area contributed by atoms with Gasteiger partial charge in [-0.3, -0.25) is 4.79 Å². The minimum Gasteiger partial charge on any atom is -0.452 e. The molecule has 0 N–H and O–H groups in total. The Labute approximate surface area is 153 Å². The van der Waals surface area contributed by atoms with Gasteiger partial charge in [0, 0.05) is 17.1 Å². The number of hydrogen-bond donors (Lipinski definition) is 0. The number of Topliss-reactive ketones (excluding diaryl/α,β-unsaturated/α-hetero) is 1. The third kappa shape index (κ3) is 3.65. The number of methoxy groups -OCH3 is 1. The Morgan fingerprint density at radius 3 is 2.60 bits per heavy atom. The first kappa shape index (κ1) is 17.4. The number of esters is 1. The normalized spacial score (nSPS) is 14.4. The molecule has 128 valence electrons. The largest absolute Gasteiger partial charge is 0.452 e. The zero-order valence-electron chi connectivity index (χ0n) is 13.7. The van der Waals surface area contributed by atoms with E-state index in [0.29, 0.717) is 22.6 Å². The van der Waals surface area contributed by atoms with Gasteiger partial charge in [-0.05, 0) is 42.8 Å². The summed E-state index contributed by atoms with van der Waals surface area (Å²) < 4.78 is 16.7. The molecule has 1 aliphatic heterocycles. The summed E-state index contributed by atoms with van der Waals surface area (Å²) in [4.78, 5) is 24.1. The van der Waals surface area contributed by atoms with Gasteiger partial charge in [0.25, 0.3) is 0 Å². The van der Waals surface area contributed by atoms with Crippen molar-refractivity contribution in [1.82, 2.24) is 0 Å². The maximum atomic E-state index is 12.5. The molecular formula is C19H15BrO5. The van der Waals surface area contributed by atoms with Crippen LogP contribution in [0.3, 0.4) is 0 Å². The summed E-state index contributed by atoms with van der Waals surface area (Å²) in [6.07, 6.45) is 1.69. The van der Waals surface area contributed by atoms with E-state index in [-0.39, 0.29) is 18.1 Å². The number of ketones is 1. The minimum absolute atomic E-state index is 0.148. The van der Waals surface area contributed by atoms with E-state index >= 15 is 0 Å². The Bertz CT molecular complexity index is 868. The molecule has 2 aromatic carbocycles. The molecule has 6 heteroatoms. The average Bonchev–Trinajstić information content (AvgIpc) is 2.90. The first-order valence-corrected chi connectivity index (χ1v) is 8.32. The predicted octanol–water partition coefficient (Wildman–Crippen LogP) is 3.93. The maximum absolute atomic E-state index is 12.5. The fourth-order valence-corrected chi connectivity index (χ4v) is 2.72. The second-order valence-corrected chi connectivity index (χ2v) is 6.38. The van der Waals surface area contributed by atoms with E-state index in [1.54, 1.807) is 25.1 Å². The molecule has 0 aromatic heterocycles. The molecule has 3 rings (SSSR count). The number of halogens is 1. The molecule has 0 atom stereocenters. The van der Waals surface area contributed by atoms with E-state index in [2.05, 4.69) is 15.9 Å². The van der Waals surface area contributed by atoms with E-state index < -0.39 is 5.97 Å². The highest BCUT2D eigenvalue weighted by Crippen LogP contribution is 2.39. The fourth-order valence-electron chi connectivity index (χ4n) is 2.46. The molecule has 0 fully saturated rings. The van der Waals surface area contributed by atoms with Gasteiger partial charge < -0.3 is 14.2 Å². The number of carbonyl (C=O) groups is 2. The molecule has 0 saturated heterocycles. The highest BCUT2D eigenvalue weighted by Gasteiger charge is 2.30. The zero-order valence-corrected chi connectivity index (χ0v) is 15.3. The van der Waals surface area contributed by atoms with Crippen LogP contribution in [0.2, 0.25) is 0 Å². The fraction of sp³-hybridized carbons (Fsp3) is 0.158. The summed E-state index contributed by atoms with van der Waals surface area (Å²) >= 11 is 3.37. The van der Waals surface area contributed by atoms with E-state index in [1.165, 1.54) is 7.11 Å². The van der Waals surface area contributed by atoms with Crippen LogP contribution in [-0.4, -0.2) is 25.5 Å². The lowest BCUT2D eigenvalue weighted by Crippen LogP contribution is -2.14. The topological polar surface area (TPSA) is 61.8 Å². The van der Waals surface area contributed by atoms with Crippen molar-refractivity contribution in [3.8, 4) is 11.5 Å². The lowest BCUT2D eigenvalue weighted by Gasteiger charge is -2.09. The van der Waals surface area contributed by atoms with Crippen LogP contribution < -0.4 is 9.47 Å². The van der Waals surface area contributed by atoms with Crippen LogP contribution in [0.5, 0.6) is 11.5 Å². The van der Waals surface area contributed by atoms with Gasteiger partial charge >= 0.3 is 5.97 Å². The minimum atomic E-state index is -0.513. The Kier molecular flexibility index (Phi) is 5.01. The average molecular weight is 403 g/mol. The van der Waals surface area contributed by atoms with E-state index in [0.717, 1.165) is 10.0 Å². The third-order valence-electron chi connectivity index (χ3n) is 3.69. The molecular weight excluding hydrogens is 388 g/mol. The van der Waals surface area contributed by atoms with Crippen molar-refractivity contribution in [3.05, 3.63) is 63.3 Å². The monoisotopic (exact) mass is 402 g/mol. The lowest BCUT2D eigenvalue weighted by atomic mass is 10.1. The van der Waals surface area contributed by atoms with Crippen LogP contribution in [0, 0.1) is 6.92 Å². The second-order valence-electron chi connectivity index (χ2n) is 5.46. The van der Waals surface area contributed by atoms with Gasteiger partial charge in [0.1, 0.15) is 18.1 Å². The van der Waals surface area contributed by atoms with Crippen LogP contribution >= 0.6 is 15.9 Å². The van der Waals surface area contributed by atoms with Crippen molar-refractivity contribution in [2.24, 2.45) is 0 Å². The Balaban J connectivity index is 1.89. The zero-order chi connectivity index (χ0) is 18.0. The number of carbonyl (C=O) groups excluding carboxylic acids is 2. The molecule has 0 bridgehead atoms. The standard InChI is InChI=1S/C19H15BrO5/c1-11-15(24-17(21)10-23-2)8-7-14-18(22)16(25-19(11)14)9-12-3-5-13(20)6-4-12/h3-9H,10H2,1-2H3/b16-9-. The van der Waals surface area contributed by atoms with Crippen LogP contribution in [0.15, 0.2) is 46.6 Å². The van der Waals surface area contributed by atoms with Crippen molar-refractivity contribution in [1.29, 1.82) is 0 Å². The van der Waals surface area contributed by atoms with Crippen LogP contribution in [-0.2, 0) is 9.53 Å². The highest BCUT2D eigenvalue weighted by molar-refractivity contribution is 9.10. The smallest absolute Gasteiger partial charge is 0.337 e. The molecule has 1 aliphatic rings. The summed E-state index contributed by atoms with van der Waals surface area (Å²) in [5.74, 6) is 0.284. The highest BCUT2D eigenvalue weighted by atomic mass is 79.9. The van der Waals surface area contributed by atoms with Crippen LogP contribution in [0.1, 0.15) is 21.5 Å². The number of allylic oxidation sites excluding steroid dienone is 1. The lowest BCUT2D eigenvalue weighted by molar-refractivity contribution is -0.138. The van der Waals surface area contributed by atoms with E-state index in [4.69, 9.17) is 14.2 Å². The molecule has 0 aliphatic carbocycles. The Hall–Kier alpha value is -2.44. The first-order chi connectivity index (χ1) is 12.0. The molecule has 0 spiro atoms. The Morgan fingerprint density at radius 2 is 1.92 bits per heavy atom. The van der Waals surface area contributed by atoms with Crippen molar-refractivity contribution < 1.29 is 23.8 Å². The number of fused-ring (bicyclic) bond motifs is 1. The van der Waals surface area contributed by atoms with Crippen LogP contribution in [0.25, 0.3) is 6.08 Å². The number of rotatable bonds is 4. The molecule has 25 heavy (non-hydrogen) atoms. The van der Waals surface area contributed by atoms with Crippen molar-refractivity contribution >= 4 is 33.8 Å². The van der Waals surface area contributed by atoms with Gasteiger partial charge in [0.05, 0.1) is 5.56 Å². The summed E-state index contributed by atoms with van der Waals surface area (Å²) in [7, 11) is 1.41. The molecule has 0 amide bonds. The number of ether oxygens (including phenoxy) is 3. The van der Waals surface area contributed by atoms with Crippen molar-refractivity contribution in [3.63, 3.8) is 0 Å². The predicted molar refractivity (Wildman–Crippen MR) is 95.8 cm³/mol. The summed E-state index contributed by atoms with van der Waals surface area (Å²) in [6.45, 7) is 1.59. The molecule has 0 radical (unpaired) electrons. The first-order valence-electron chi connectivity index (χ1n) is 7.52. The Morgan fingerprint density at radius 1 is 1.20 bits per heavy atom. The summed E-state index contributed by atoms with van der Waals surface area (Å²) in [6, 6.07) is 10.7. The van der Waals surface area contributed by atoms with Crippen molar-refractivity contribution in [2.75, 3.05) is 13.7 Å².